The molecule has 0 aromatic carbocycles. The van der Waals surface area contributed by atoms with Gasteiger partial charge in [-0.2, -0.15) is 0 Å². The molecule has 3 aliphatic rings. The third-order valence-corrected chi connectivity index (χ3v) is 16.2. The van der Waals surface area contributed by atoms with Gasteiger partial charge in [-0.3, -0.25) is 4.79 Å². The van der Waals surface area contributed by atoms with Gasteiger partial charge in [0.1, 0.15) is 73.2 Å². The molecule has 17 atom stereocenters. The fourth-order valence-electron chi connectivity index (χ4n) is 10.7. The molecule has 3 rings (SSSR count). The minimum atomic E-state index is -1.99. The maximum atomic E-state index is 13.4. The van der Waals surface area contributed by atoms with Crippen molar-refractivity contribution in [1.29, 1.82) is 0 Å². The van der Waals surface area contributed by atoms with Gasteiger partial charge < -0.3 is 89.9 Å². The molecule has 12 N–H and O–H groups in total. The number of hydrogen-bond donors (Lipinski definition) is 12. The second kappa shape index (κ2) is 52.5. The Hall–Kier alpha value is -3.81. The highest BCUT2D eigenvalue weighted by Crippen LogP contribution is 2.33. The van der Waals surface area contributed by atoms with E-state index in [1.165, 1.54) is 70.6 Å². The number of nitrogens with one attached hydrogen (secondary N) is 1. The Morgan fingerprint density at radius 3 is 1.23 bits per heavy atom. The van der Waals surface area contributed by atoms with Crippen molar-refractivity contribution < 1.29 is 89.4 Å². The van der Waals surface area contributed by atoms with Gasteiger partial charge in [-0.15, -0.1) is 0 Å². The highest BCUT2D eigenvalue weighted by atomic mass is 16.8. The van der Waals surface area contributed by atoms with Crippen LogP contribution in [0, 0.1) is 0 Å². The summed E-state index contributed by atoms with van der Waals surface area (Å²) in [5, 5.41) is 120. The lowest BCUT2D eigenvalue weighted by Gasteiger charge is -2.48. The first-order valence-electron chi connectivity index (χ1n) is 34.3. The summed E-state index contributed by atoms with van der Waals surface area (Å²) in [6.07, 6.45) is 44.5. The molecule has 0 spiro atoms. The molecule has 0 radical (unpaired) electrons. The number of carbonyl (C=O) groups excluding carboxylic acids is 1. The molecule has 19 heteroatoms. The molecule has 3 fully saturated rings. The van der Waals surface area contributed by atoms with E-state index < -0.39 is 131 Å². The maximum absolute atomic E-state index is 13.4. The monoisotopic (exact) mass is 1290 g/mol. The number of ether oxygens (including phenoxy) is 6. The van der Waals surface area contributed by atoms with Gasteiger partial charge in [-0.1, -0.05) is 206 Å². The van der Waals surface area contributed by atoms with Crippen molar-refractivity contribution in [3.05, 3.63) is 122 Å². The van der Waals surface area contributed by atoms with E-state index in [9.17, 15) is 61.0 Å². The third kappa shape index (κ3) is 34.4. The molecule has 0 aliphatic carbocycles. The van der Waals surface area contributed by atoms with E-state index in [-0.39, 0.29) is 12.3 Å². The Labute approximate surface area is 544 Å². The zero-order chi connectivity index (χ0) is 66.1. The summed E-state index contributed by atoms with van der Waals surface area (Å²) in [6, 6.07) is -1.02. The zero-order valence-corrected chi connectivity index (χ0v) is 54.8. The van der Waals surface area contributed by atoms with Gasteiger partial charge in [-0.05, 0) is 103 Å². The van der Waals surface area contributed by atoms with Gasteiger partial charge in [0.05, 0.1) is 38.6 Å². The molecule has 19 nitrogen and oxygen atoms in total. The first kappa shape index (κ1) is 81.4. The predicted molar refractivity (Wildman–Crippen MR) is 355 cm³/mol. The van der Waals surface area contributed by atoms with E-state index in [2.05, 4.69) is 129 Å². The smallest absolute Gasteiger partial charge is 0.220 e. The second-order valence-electron chi connectivity index (χ2n) is 23.9. The van der Waals surface area contributed by atoms with Crippen molar-refractivity contribution in [1.82, 2.24) is 5.32 Å². The Morgan fingerprint density at radius 1 is 0.407 bits per heavy atom. The number of aliphatic hydroxyl groups is 11. The normalized spacial score (nSPS) is 28.6. The van der Waals surface area contributed by atoms with Gasteiger partial charge in [0, 0.05) is 6.42 Å². The van der Waals surface area contributed by atoms with Crippen molar-refractivity contribution in [2.24, 2.45) is 0 Å². The van der Waals surface area contributed by atoms with Crippen LogP contribution in [-0.4, -0.2) is 193 Å². The van der Waals surface area contributed by atoms with E-state index in [0.29, 0.717) is 12.8 Å². The Bertz CT molecular complexity index is 2120. The summed E-state index contributed by atoms with van der Waals surface area (Å²) in [5.74, 6) is -0.327. The van der Waals surface area contributed by atoms with Crippen LogP contribution in [0.1, 0.15) is 194 Å². The van der Waals surface area contributed by atoms with E-state index in [4.69, 9.17) is 28.4 Å². The Balaban J connectivity index is 1.49. The van der Waals surface area contributed by atoms with E-state index in [1.807, 2.05) is 6.08 Å². The number of aliphatic hydroxyl groups excluding tert-OH is 11. The average Bonchev–Trinajstić information content (AvgIpc) is 0.883. The van der Waals surface area contributed by atoms with Gasteiger partial charge in [0.15, 0.2) is 18.9 Å². The van der Waals surface area contributed by atoms with Crippen LogP contribution in [0.2, 0.25) is 0 Å². The van der Waals surface area contributed by atoms with Crippen molar-refractivity contribution in [2.45, 2.75) is 298 Å². The summed E-state index contributed by atoms with van der Waals surface area (Å²) < 4.78 is 34.3. The zero-order valence-electron chi connectivity index (χ0n) is 54.8. The number of allylic oxidation sites excluding steroid dienone is 19. The van der Waals surface area contributed by atoms with Crippen LogP contribution in [0.25, 0.3) is 0 Å². The minimum Gasteiger partial charge on any atom is -0.394 e. The summed E-state index contributed by atoms with van der Waals surface area (Å²) in [4.78, 5) is 13.4. The number of hydrogen-bond acceptors (Lipinski definition) is 18. The fourth-order valence-corrected chi connectivity index (χ4v) is 10.7. The van der Waals surface area contributed by atoms with Crippen molar-refractivity contribution >= 4 is 5.91 Å². The van der Waals surface area contributed by atoms with Crippen molar-refractivity contribution in [3.63, 3.8) is 0 Å². The van der Waals surface area contributed by atoms with Crippen molar-refractivity contribution in [3.8, 4) is 0 Å². The minimum absolute atomic E-state index is 0.183. The molecule has 0 saturated carbocycles. The first-order chi connectivity index (χ1) is 44.3. The maximum Gasteiger partial charge on any atom is 0.220 e. The molecule has 3 heterocycles. The van der Waals surface area contributed by atoms with Crippen LogP contribution >= 0.6 is 0 Å². The number of carbonyl (C=O) groups is 1. The molecule has 3 saturated heterocycles. The lowest BCUT2D eigenvalue weighted by atomic mass is 9.96. The SMILES string of the molecule is CC/C=C\C/C=C\C/C=C\C/C=C\C/C=C\C/C=C\C/C=C\CCCCCC(=O)NC(COC1OC(CO)C(OC2OC(CO)C(OC3OC(CO)C(O)C(O)C3O)C(O)C2O)C(O)C1O)C(O)/C=C/CC/C=C/CC/C=C/CCCCCCCCCCCCC. The highest BCUT2D eigenvalue weighted by Gasteiger charge is 2.53. The number of amides is 1. The summed E-state index contributed by atoms with van der Waals surface area (Å²) in [5.41, 5.74) is 0. The molecular formula is C72H119NO18. The van der Waals surface area contributed by atoms with Gasteiger partial charge >= 0.3 is 0 Å². The van der Waals surface area contributed by atoms with Crippen LogP contribution in [0.5, 0.6) is 0 Å². The molecule has 91 heavy (non-hydrogen) atoms. The number of rotatable bonds is 50. The Kier molecular flexibility index (Phi) is 46.9. The quantitative estimate of drug-likeness (QED) is 0.0200. The first-order valence-corrected chi connectivity index (χ1v) is 34.3. The summed E-state index contributed by atoms with van der Waals surface area (Å²) >= 11 is 0. The van der Waals surface area contributed by atoms with Crippen molar-refractivity contribution in [2.75, 3.05) is 26.4 Å². The molecule has 0 aromatic rings. The molecular weight excluding hydrogens is 1170 g/mol. The standard InChI is InChI=1S/C72H119NO18/c1-3-5-7-9-11-13-15-17-19-21-23-25-26-27-28-30-32-34-36-38-40-42-44-46-48-50-60(78)73-55(56(77)49-47-45-43-41-39-37-35-33-31-29-24-22-20-18-16-14-12-10-8-6-4-2)54-86-70-66(84)63(81)68(58(52-75)88-70)91-72-67(85)64(82)69(59(53-76)89-72)90-71-65(83)62(80)61(79)57(51-74)87-71/h5,7,11,13,17,19,23,25,27-28,31-34,38-41,47,49,55-59,61-72,74-77,79-85H,3-4,6,8-10,12,14-16,18,20-22,24,26,29-30,35-37,42-46,48,50-54H2,1-2H3,(H,73,78)/b7-5-,13-11-,19-17-,25-23-,28-27-,33-31+,34-32-,40-38-,41-39+,49-47+. The molecule has 0 aromatic heterocycles. The largest absolute Gasteiger partial charge is 0.394 e. The van der Waals surface area contributed by atoms with Gasteiger partial charge in [0.25, 0.3) is 0 Å². The summed E-state index contributed by atoms with van der Waals surface area (Å²) in [6.45, 7) is 1.55. The van der Waals surface area contributed by atoms with E-state index in [0.717, 1.165) is 89.9 Å². The number of unbranched alkanes of at least 4 members (excludes halogenated alkanes) is 16. The molecule has 0 bridgehead atoms. The fraction of sp³-hybridized carbons (Fsp3) is 0.708. The molecule has 17 unspecified atom stereocenters. The molecule has 520 valence electrons. The van der Waals surface area contributed by atoms with Crippen LogP contribution in [0.4, 0.5) is 0 Å². The lowest BCUT2D eigenvalue weighted by Crippen LogP contribution is -2.66. The van der Waals surface area contributed by atoms with Crippen LogP contribution in [0.15, 0.2) is 122 Å². The highest BCUT2D eigenvalue weighted by molar-refractivity contribution is 5.76. The van der Waals surface area contributed by atoms with E-state index >= 15 is 0 Å². The van der Waals surface area contributed by atoms with Gasteiger partial charge in [0.2, 0.25) is 5.91 Å². The van der Waals surface area contributed by atoms with Crippen LogP contribution < -0.4 is 5.32 Å². The average molecular weight is 1290 g/mol. The molecule has 3 aliphatic heterocycles. The molecule has 1 amide bonds. The predicted octanol–water partition coefficient (Wildman–Crippen LogP) is 8.82. The van der Waals surface area contributed by atoms with Crippen LogP contribution in [0.3, 0.4) is 0 Å². The summed E-state index contributed by atoms with van der Waals surface area (Å²) in [7, 11) is 0. The van der Waals surface area contributed by atoms with E-state index in [1.54, 1.807) is 6.08 Å². The van der Waals surface area contributed by atoms with Crippen LogP contribution in [-0.2, 0) is 33.2 Å². The third-order valence-electron chi connectivity index (χ3n) is 16.2. The second-order valence-corrected chi connectivity index (χ2v) is 23.9. The lowest BCUT2D eigenvalue weighted by molar-refractivity contribution is -0.379. The Morgan fingerprint density at radius 2 is 0.769 bits per heavy atom. The topological polar surface area (TPSA) is 307 Å². The van der Waals surface area contributed by atoms with Gasteiger partial charge in [-0.25, -0.2) is 0 Å².